The molecule has 0 atom stereocenters. The molecule has 6 heteroatoms. The number of para-hydroxylation sites is 1. The van der Waals surface area contributed by atoms with Gasteiger partial charge < -0.3 is 10.1 Å². The summed E-state index contributed by atoms with van der Waals surface area (Å²) in [4.78, 5) is 18.8. The van der Waals surface area contributed by atoms with Crippen molar-refractivity contribution >= 4 is 23.1 Å². The van der Waals surface area contributed by atoms with Gasteiger partial charge >= 0.3 is 6.09 Å². The zero-order chi connectivity index (χ0) is 16.8. The normalized spacial score (nSPS) is 15.2. The fraction of sp³-hybridized carbons (Fsp3) is 0.444. The molecule has 0 spiro atoms. The van der Waals surface area contributed by atoms with Gasteiger partial charge in [0.05, 0.1) is 5.69 Å². The van der Waals surface area contributed by atoms with E-state index in [0.717, 1.165) is 43.7 Å². The minimum atomic E-state index is -0.350. The van der Waals surface area contributed by atoms with Crippen molar-refractivity contribution in [1.82, 2.24) is 10.3 Å². The topological polar surface area (TPSA) is 54.5 Å². The molecule has 1 aromatic carbocycles. The summed E-state index contributed by atoms with van der Waals surface area (Å²) in [6, 6.07) is 9.72. The highest BCUT2D eigenvalue weighted by Gasteiger charge is 2.24. The average molecular weight is 345 g/mol. The summed E-state index contributed by atoms with van der Waals surface area (Å²) < 4.78 is 5.53. The van der Waals surface area contributed by atoms with Crippen LogP contribution < -0.4 is 15.0 Å². The Hall–Kier alpha value is -1.92. The molecular formula is C18H23N3O2S. The molecule has 24 heavy (non-hydrogen) atoms. The number of nitrogens with one attached hydrogen (secondary N) is 1. The van der Waals surface area contributed by atoms with Crippen LogP contribution >= 0.6 is 11.3 Å². The van der Waals surface area contributed by atoms with E-state index in [-0.39, 0.29) is 6.09 Å². The summed E-state index contributed by atoms with van der Waals surface area (Å²) in [5, 5.41) is 5.72. The van der Waals surface area contributed by atoms with Crippen LogP contribution in [0.4, 0.5) is 10.5 Å². The number of carbonyl (C=O) groups excluding carboxylic acids is 1. The van der Waals surface area contributed by atoms with Gasteiger partial charge in [0.25, 0.3) is 5.19 Å². The smallest absolute Gasteiger partial charge is 0.381 e. The first-order valence-corrected chi connectivity index (χ1v) is 9.33. The predicted molar refractivity (Wildman–Crippen MR) is 96.9 cm³/mol. The molecule has 2 heterocycles. The average Bonchev–Trinajstić information content (AvgIpc) is 3.09. The number of hydrogen-bond acceptors (Lipinski definition) is 5. The van der Waals surface area contributed by atoms with Crippen molar-refractivity contribution in [3.8, 4) is 5.19 Å². The van der Waals surface area contributed by atoms with E-state index in [4.69, 9.17) is 4.74 Å². The standard InChI is InChI=1S/C18H23N3O2S/c1-2-15-13-24-17(20-15)23-18(22)21(16-6-4-3-5-7-16)12-14-8-10-19-11-9-14/h3-7,13-14,19H,2,8-12H2,1H3. The monoisotopic (exact) mass is 345 g/mol. The number of ether oxygens (including phenoxy) is 1. The van der Waals surface area contributed by atoms with Crippen LogP contribution in [0.25, 0.3) is 0 Å². The molecule has 0 bridgehead atoms. The molecular weight excluding hydrogens is 322 g/mol. The van der Waals surface area contributed by atoms with Gasteiger partial charge in [-0.2, -0.15) is 0 Å². The number of benzene rings is 1. The molecule has 1 fully saturated rings. The van der Waals surface area contributed by atoms with Gasteiger partial charge in [-0.15, -0.1) is 0 Å². The Morgan fingerprint density at radius 3 is 2.75 bits per heavy atom. The van der Waals surface area contributed by atoms with Crippen molar-refractivity contribution in [2.45, 2.75) is 26.2 Å². The van der Waals surface area contributed by atoms with E-state index < -0.39 is 0 Å². The molecule has 0 unspecified atom stereocenters. The maximum Gasteiger partial charge on any atom is 0.421 e. The molecule has 1 aromatic heterocycles. The molecule has 2 aromatic rings. The number of hydrogen-bond donors (Lipinski definition) is 1. The van der Waals surface area contributed by atoms with Crippen LogP contribution in [0.5, 0.6) is 5.19 Å². The summed E-state index contributed by atoms with van der Waals surface area (Å²) in [6.07, 6.45) is 2.64. The Balaban J connectivity index is 1.73. The number of thiazole rings is 1. The highest BCUT2D eigenvalue weighted by atomic mass is 32.1. The summed E-state index contributed by atoms with van der Waals surface area (Å²) in [5.41, 5.74) is 1.82. The second-order valence-electron chi connectivity index (χ2n) is 5.97. The second-order valence-corrected chi connectivity index (χ2v) is 6.79. The molecule has 0 radical (unpaired) electrons. The van der Waals surface area contributed by atoms with Crippen LogP contribution in [0.15, 0.2) is 35.7 Å². The van der Waals surface area contributed by atoms with Crippen molar-refractivity contribution < 1.29 is 9.53 Å². The van der Waals surface area contributed by atoms with Crippen LogP contribution in [0.2, 0.25) is 0 Å². The summed E-state index contributed by atoms with van der Waals surface area (Å²) in [6.45, 7) is 4.73. The van der Waals surface area contributed by atoms with Crippen LogP contribution in [0.1, 0.15) is 25.5 Å². The SMILES string of the molecule is CCc1csc(OC(=O)N(CC2CCNCC2)c2ccccc2)n1. The van der Waals surface area contributed by atoms with Gasteiger partial charge in [-0.05, 0) is 50.4 Å². The van der Waals surface area contributed by atoms with Crippen LogP contribution in [-0.2, 0) is 6.42 Å². The highest BCUT2D eigenvalue weighted by Crippen LogP contribution is 2.23. The first-order chi connectivity index (χ1) is 11.8. The van der Waals surface area contributed by atoms with Gasteiger partial charge in [-0.1, -0.05) is 36.5 Å². The molecule has 1 aliphatic heterocycles. The van der Waals surface area contributed by atoms with E-state index in [1.54, 1.807) is 4.90 Å². The Kier molecular flexibility index (Phi) is 5.82. The second kappa shape index (κ2) is 8.26. The van der Waals surface area contributed by atoms with Crippen LogP contribution in [-0.4, -0.2) is 30.7 Å². The third-order valence-electron chi connectivity index (χ3n) is 4.26. The molecule has 128 valence electrons. The first-order valence-electron chi connectivity index (χ1n) is 8.45. The van der Waals surface area contributed by atoms with Crippen molar-refractivity contribution in [2.24, 2.45) is 5.92 Å². The van der Waals surface area contributed by atoms with Gasteiger partial charge in [0.1, 0.15) is 0 Å². The Labute approximate surface area is 146 Å². The molecule has 0 aliphatic carbocycles. The molecule has 0 saturated carbocycles. The third kappa shape index (κ3) is 4.33. The molecule has 3 rings (SSSR count). The molecule has 5 nitrogen and oxygen atoms in total. The third-order valence-corrected chi connectivity index (χ3v) is 5.02. The Bertz CT molecular complexity index is 653. The zero-order valence-electron chi connectivity index (χ0n) is 13.9. The first kappa shape index (κ1) is 16.9. The molecule has 1 amide bonds. The minimum absolute atomic E-state index is 0.350. The van der Waals surface area contributed by atoms with E-state index in [9.17, 15) is 4.79 Å². The fourth-order valence-electron chi connectivity index (χ4n) is 2.84. The summed E-state index contributed by atoms with van der Waals surface area (Å²) in [5.74, 6) is 0.488. The van der Waals surface area contributed by atoms with E-state index in [0.29, 0.717) is 17.7 Å². The van der Waals surface area contributed by atoms with Gasteiger partial charge in [-0.3, -0.25) is 4.90 Å². The van der Waals surface area contributed by atoms with E-state index >= 15 is 0 Å². The zero-order valence-corrected chi connectivity index (χ0v) is 14.7. The lowest BCUT2D eigenvalue weighted by Gasteiger charge is -2.29. The maximum absolute atomic E-state index is 12.7. The number of aromatic nitrogens is 1. The van der Waals surface area contributed by atoms with Crippen molar-refractivity contribution in [1.29, 1.82) is 0 Å². The van der Waals surface area contributed by atoms with Gasteiger partial charge in [-0.25, -0.2) is 9.78 Å². The number of anilines is 1. The van der Waals surface area contributed by atoms with Crippen molar-refractivity contribution in [3.63, 3.8) is 0 Å². The number of rotatable bonds is 5. The predicted octanol–water partition coefficient (Wildman–Crippen LogP) is 3.71. The summed E-state index contributed by atoms with van der Waals surface area (Å²) in [7, 11) is 0. The minimum Gasteiger partial charge on any atom is -0.381 e. The maximum atomic E-state index is 12.7. The van der Waals surface area contributed by atoms with Gasteiger partial charge in [0, 0.05) is 17.6 Å². The lowest BCUT2D eigenvalue weighted by Crippen LogP contribution is -2.40. The largest absolute Gasteiger partial charge is 0.421 e. The van der Waals surface area contributed by atoms with Crippen molar-refractivity contribution in [3.05, 3.63) is 41.4 Å². The molecule has 1 saturated heterocycles. The van der Waals surface area contributed by atoms with E-state index in [1.165, 1.54) is 11.3 Å². The molecule has 1 aliphatic rings. The van der Waals surface area contributed by atoms with Crippen molar-refractivity contribution in [2.75, 3.05) is 24.5 Å². The van der Waals surface area contributed by atoms with E-state index in [1.807, 2.05) is 42.6 Å². The number of nitrogens with zero attached hydrogens (tertiary/aromatic N) is 2. The lowest BCUT2D eigenvalue weighted by atomic mass is 9.97. The van der Waals surface area contributed by atoms with E-state index in [2.05, 4.69) is 10.3 Å². The number of carbonyl (C=O) groups is 1. The van der Waals surface area contributed by atoms with Gasteiger partial charge in [0.15, 0.2) is 0 Å². The van der Waals surface area contributed by atoms with Gasteiger partial charge in [0.2, 0.25) is 0 Å². The Morgan fingerprint density at radius 2 is 2.08 bits per heavy atom. The summed E-state index contributed by atoms with van der Waals surface area (Å²) >= 11 is 1.37. The number of amides is 1. The number of piperidine rings is 1. The molecule has 1 N–H and O–H groups in total. The Morgan fingerprint density at radius 1 is 1.33 bits per heavy atom. The number of aryl methyl sites for hydroxylation is 1. The fourth-order valence-corrected chi connectivity index (χ4v) is 3.59. The highest BCUT2D eigenvalue weighted by molar-refractivity contribution is 7.11. The van der Waals surface area contributed by atoms with Crippen LogP contribution in [0.3, 0.4) is 0 Å². The lowest BCUT2D eigenvalue weighted by molar-refractivity contribution is 0.205. The van der Waals surface area contributed by atoms with Crippen LogP contribution in [0, 0.1) is 5.92 Å². The quantitative estimate of drug-likeness (QED) is 0.897.